The molecule has 2 rings (SSSR count). The van der Waals surface area contributed by atoms with Crippen molar-refractivity contribution in [2.45, 2.75) is 46.8 Å². The molecule has 1 aromatic heterocycles. The van der Waals surface area contributed by atoms with Crippen LogP contribution in [0.25, 0.3) is 0 Å². The first-order valence-electron chi connectivity index (χ1n) is 9.40. The number of nitrogens with one attached hydrogen (secondary N) is 4. The van der Waals surface area contributed by atoms with Crippen LogP contribution in [-0.2, 0) is 20.1 Å². The number of guanidine groups is 1. The van der Waals surface area contributed by atoms with Crippen LogP contribution in [0.4, 0.5) is 10.5 Å². The van der Waals surface area contributed by atoms with Gasteiger partial charge in [-0.05, 0) is 45.4 Å². The Hall–Kier alpha value is -2.30. The minimum Gasteiger partial charge on any atom is -0.352 e. The lowest BCUT2D eigenvalue weighted by atomic mass is 10.2. The highest BCUT2D eigenvalue weighted by atomic mass is 127. The third-order valence-electron chi connectivity index (χ3n) is 4.41. The van der Waals surface area contributed by atoms with Crippen LogP contribution in [0.2, 0.25) is 0 Å². The van der Waals surface area contributed by atoms with E-state index in [9.17, 15) is 4.79 Å². The maximum Gasteiger partial charge on any atom is 0.319 e. The fourth-order valence-electron chi connectivity index (χ4n) is 2.79. The van der Waals surface area contributed by atoms with Gasteiger partial charge in [-0.3, -0.25) is 9.67 Å². The highest BCUT2D eigenvalue weighted by Crippen LogP contribution is 2.11. The van der Waals surface area contributed by atoms with Crippen molar-refractivity contribution in [1.82, 2.24) is 25.7 Å². The van der Waals surface area contributed by atoms with E-state index in [1.54, 1.807) is 7.05 Å². The molecular formula is C20H32IN7O. The van der Waals surface area contributed by atoms with Gasteiger partial charge in [0.1, 0.15) is 0 Å². The lowest BCUT2D eigenvalue weighted by Crippen LogP contribution is -2.36. The van der Waals surface area contributed by atoms with Crippen molar-refractivity contribution in [3.63, 3.8) is 0 Å². The quantitative estimate of drug-likeness (QED) is 0.271. The predicted octanol–water partition coefficient (Wildman–Crippen LogP) is 3.05. The molecule has 8 nitrogen and oxygen atoms in total. The Morgan fingerprint density at radius 2 is 1.76 bits per heavy atom. The Balaban J connectivity index is 0.00000420. The monoisotopic (exact) mass is 513 g/mol. The molecule has 0 aliphatic carbocycles. The molecule has 0 atom stereocenters. The predicted molar refractivity (Wildman–Crippen MR) is 129 cm³/mol. The first kappa shape index (κ1) is 24.7. The zero-order chi connectivity index (χ0) is 20.7. The van der Waals surface area contributed by atoms with Crippen LogP contribution in [0.1, 0.15) is 36.4 Å². The fraction of sp³-hybridized carbons (Fsp3) is 0.450. The number of aryl methyl sites for hydroxylation is 2. The summed E-state index contributed by atoms with van der Waals surface area (Å²) in [6.07, 6.45) is 0. The second-order valence-corrected chi connectivity index (χ2v) is 7.00. The minimum absolute atomic E-state index is 0. The number of hydrogen-bond donors (Lipinski definition) is 4. The number of hydrogen-bond acceptors (Lipinski definition) is 3. The second-order valence-electron chi connectivity index (χ2n) is 7.00. The molecule has 1 heterocycles. The van der Waals surface area contributed by atoms with Crippen molar-refractivity contribution in [2.24, 2.45) is 12.0 Å². The first-order chi connectivity index (χ1) is 13.3. The maximum atomic E-state index is 11.7. The van der Waals surface area contributed by atoms with E-state index < -0.39 is 0 Å². The standard InChI is InChI=1S/C20H31N7O.HI/c1-13(2)24-20(28)25-17-9-7-16(8-10-17)11-22-19(21-5)23-12-18-14(3)26-27(6)15(18)4;/h7-10,13H,11-12H2,1-6H3,(H2,21,22,23)(H2,24,25,28);1H. The molecule has 160 valence electrons. The summed E-state index contributed by atoms with van der Waals surface area (Å²) in [7, 11) is 3.70. The Bertz CT molecular complexity index is 828. The number of carbonyl (C=O) groups excluding carboxylic acids is 1. The van der Waals surface area contributed by atoms with Crippen LogP contribution in [0.5, 0.6) is 0 Å². The van der Waals surface area contributed by atoms with Crippen LogP contribution >= 0.6 is 24.0 Å². The Morgan fingerprint density at radius 3 is 2.28 bits per heavy atom. The lowest BCUT2D eigenvalue weighted by Gasteiger charge is -2.13. The smallest absolute Gasteiger partial charge is 0.319 e. The molecule has 0 radical (unpaired) electrons. The second kappa shape index (κ2) is 11.6. The van der Waals surface area contributed by atoms with Crippen LogP contribution in [0, 0.1) is 13.8 Å². The molecule has 0 bridgehead atoms. The van der Waals surface area contributed by atoms with Gasteiger partial charge < -0.3 is 21.3 Å². The number of halogens is 1. The molecule has 4 N–H and O–H groups in total. The molecule has 0 aliphatic heterocycles. The highest BCUT2D eigenvalue weighted by molar-refractivity contribution is 14.0. The molecule has 0 saturated carbocycles. The topological polar surface area (TPSA) is 95.4 Å². The van der Waals surface area contributed by atoms with Crippen molar-refractivity contribution in [1.29, 1.82) is 0 Å². The van der Waals surface area contributed by atoms with Gasteiger partial charge in [0.15, 0.2) is 5.96 Å². The highest BCUT2D eigenvalue weighted by Gasteiger charge is 2.10. The number of benzene rings is 1. The third-order valence-corrected chi connectivity index (χ3v) is 4.41. The Labute approximate surface area is 190 Å². The van der Waals surface area contributed by atoms with E-state index in [1.807, 2.05) is 56.8 Å². The van der Waals surface area contributed by atoms with E-state index in [2.05, 4.69) is 38.3 Å². The zero-order valence-electron chi connectivity index (χ0n) is 18.0. The van der Waals surface area contributed by atoms with Gasteiger partial charge in [-0.2, -0.15) is 5.10 Å². The summed E-state index contributed by atoms with van der Waals surface area (Å²) >= 11 is 0. The molecule has 29 heavy (non-hydrogen) atoms. The molecule has 1 aromatic carbocycles. The lowest BCUT2D eigenvalue weighted by molar-refractivity contribution is 0.250. The van der Waals surface area contributed by atoms with Gasteiger partial charge in [0.25, 0.3) is 0 Å². The maximum absolute atomic E-state index is 11.7. The molecule has 0 aliphatic rings. The molecular weight excluding hydrogens is 481 g/mol. The number of amides is 2. The number of rotatable bonds is 6. The van der Waals surface area contributed by atoms with Gasteiger partial charge in [-0.25, -0.2) is 4.79 Å². The largest absolute Gasteiger partial charge is 0.352 e. The summed E-state index contributed by atoms with van der Waals surface area (Å²) in [6, 6.07) is 7.61. The average molecular weight is 513 g/mol. The van der Waals surface area contributed by atoms with E-state index >= 15 is 0 Å². The summed E-state index contributed by atoms with van der Waals surface area (Å²) in [5.41, 5.74) is 5.19. The first-order valence-corrected chi connectivity index (χ1v) is 9.40. The SMILES string of the molecule is CN=C(NCc1ccc(NC(=O)NC(C)C)cc1)NCc1c(C)nn(C)c1C.I. The Morgan fingerprint density at radius 1 is 1.14 bits per heavy atom. The van der Waals surface area contributed by atoms with Crippen molar-refractivity contribution in [3.8, 4) is 0 Å². The molecule has 0 unspecified atom stereocenters. The summed E-state index contributed by atoms with van der Waals surface area (Å²) < 4.78 is 1.89. The van der Waals surface area contributed by atoms with Gasteiger partial charge >= 0.3 is 6.03 Å². The molecule has 9 heteroatoms. The molecule has 0 saturated heterocycles. The van der Waals surface area contributed by atoms with Crippen molar-refractivity contribution < 1.29 is 4.79 Å². The van der Waals surface area contributed by atoms with E-state index in [0.29, 0.717) is 13.1 Å². The van der Waals surface area contributed by atoms with Crippen LogP contribution in [-0.4, -0.2) is 34.9 Å². The van der Waals surface area contributed by atoms with E-state index in [1.165, 1.54) is 5.56 Å². The molecule has 0 spiro atoms. The van der Waals surface area contributed by atoms with Gasteiger partial charge in [0.05, 0.1) is 5.69 Å². The number of carbonyl (C=O) groups is 1. The average Bonchev–Trinajstić information content (AvgIpc) is 2.88. The molecule has 2 amide bonds. The van der Waals surface area contributed by atoms with Gasteiger partial charge in [-0.1, -0.05) is 12.1 Å². The van der Waals surface area contributed by atoms with Crippen LogP contribution < -0.4 is 21.3 Å². The summed E-state index contributed by atoms with van der Waals surface area (Å²) in [4.78, 5) is 16.0. The van der Waals surface area contributed by atoms with E-state index in [-0.39, 0.29) is 36.0 Å². The van der Waals surface area contributed by atoms with Crippen molar-refractivity contribution in [3.05, 3.63) is 46.8 Å². The summed E-state index contributed by atoms with van der Waals surface area (Å²) in [6.45, 7) is 9.21. The Kier molecular flexibility index (Phi) is 9.93. The van der Waals surface area contributed by atoms with Gasteiger partial charge in [0.2, 0.25) is 0 Å². The molecule has 0 fully saturated rings. The van der Waals surface area contributed by atoms with Crippen LogP contribution in [0.15, 0.2) is 29.3 Å². The number of aliphatic imine (C=N–C) groups is 1. The third kappa shape index (κ3) is 7.56. The minimum atomic E-state index is -0.202. The zero-order valence-corrected chi connectivity index (χ0v) is 20.3. The van der Waals surface area contributed by atoms with E-state index in [0.717, 1.165) is 28.6 Å². The van der Waals surface area contributed by atoms with Crippen LogP contribution in [0.3, 0.4) is 0 Å². The summed E-state index contributed by atoms with van der Waals surface area (Å²) in [5.74, 6) is 0.723. The fourth-order valence-corrected chi connectivity index (χ4v) is 2.79. The van der Waals surface area contributed by atoms with Crippen molar-refractivity contribution in [2.75, 3.05) is 12.4 Å². The molecule has 2 aromatic rings. The van der Waals surface area contributed by atoms with Crippen molar-refractivity contribution >= 4 is 41.7 Å². The number of nitrogens with zero attached hydrogens (tertiary/aromatic N) is 3. The normalized spacial score (nSPS) is 11.1. The van der Waals surface area contributed by atoms with E-state index in [4.69, 9.17) is 0 Å². The number of urea groups is 1. The van der Waals surface area contributed by atoms with Gasteiger partial charge in [0, 0.05) is 50.2 Å². The number of aromatic nitrogens is 2. The summed E-state index contributed by atoms with van der Waals surface area (Å²) in [5, 5.41) is 16.7. The van der Waals surface area contributed by atoms with Gasteiger partial charge in [-0.15, -0.1) is 24.0 Å². The number of anilines is 1.